The molecule has 2 rings (SSSR count). The number of hydrogen-bond acceptors (Lipinski definition) is 1. The van der Waals surface area contributed by atoms with Gasteiger partial charge < -0.3 is 5.11 Å². The van der Waals surface area contributed by atoms with Crippen molar-refractivity contribution < 1.29 is 5.11 Å². The lowest BCUT2D eigenvalue weighted by Gasteiger charge is -2.05. The van der Waals surface area contributed by atoms with Crippen molar-refractivity contribution in [3.05, 3.63) is 48.0 Å². The van der Waals surface area contributed by atoms with Crippen LogP contribution in [0.25, 0.3) is 10.8 Å². The molecule has 0 bridgehead atoms. The minimum Gasteiger partial charge on any atom is -0.393 e. The Labute approximate surface area is 84.0 Å². The third-order valence-corrected chi connectivity index (χ3v) is 2.34. The summed E-state index contributed by atoms with van der Waals surface area (Å²) in [6, 6.07) is 14.6. The second-order valence-corrected chi connectivity index (χ2v) is 3.73. The van der Waals surface area contributed by atoms with Crippen molar-refractivity contribution in [2.24, 2.45) is 0 Å². The first-order valence-electron chi connectivity index (χ1n) is 4.91. The molecule has 0 saturated carbocycles. The van der Waals surface area contributed by atoms with Gasteiger partial charge in [0.1, 0.15) is 0 Å². The summed E-state index contributed by atoms with van der Waals surface area (Å²) in [6.45, 7) is 1.81. The quantitative estimate of drug-likeness (QED) is 0.764. The molecule has 0 aromatic heterocycles. The fourth-order valence-electron chi connectivity index (χ4n) is 1.71. The molecule has 72 valence electrons. The van der Waals surface area contributed by atoms with Gasteiger partial charge in [-0.15, -0.1) is 0 Å². The standard InChI is InChI=1S/C13H14O/c1-10(14)8-11-6-7-12-4-2-3-5-13(12)9-11/h2-7,9-10,14H,8H2,1H3. The van der Waals surface area contributed by atoms with Gasteiger partial charge in [-0.3, -0.25) is 0 Å². The lowest BCUT2D eigenvalue weighted by atomic mass is 10.0. The van der Waals surface area contributed by atoms with E-state index in [1.165, 1.54) is 16.3 Å². The maximum Gasteiger partial charge on any atom is 0.0552 e. The van der Waals surface area contributed by atoms with Crippen molar-refractivity contribution in [2.75, 3.05) is 0 Å². The van der Waals surface area contributed by atoms with E-state index < -0.39 is 0 Å². The number of benzene rings is 2. The van der Waals surface area contributed by atoms with E-state index >= 15 is 0 Å². The summed E-state index contributed by atoms with van der Waals surface area (Å²) in [7, 11) is 0. The minimum atomic E-state index is -0.267. The molecule has 0 saturated heterocycles. The molecule has 1 heteroatoms. The van der Waals surface area contributed by atoms with Gasteiger partial charge >= 0.3 is 0 Å². The number of fused-ring (bicyclic) bond motifs is 1. The highest BCUT2D eigenvalue weighted by Crippen LogP contribution is 2.16. The summed E-state index contributed by atoms with van der Waals surface area (Å²) in [5, 5.41) is 11.8. The molecular weight excluding hydrogens is 172 g/mol. The van der Waals surface area contributed by atoms with Crippen LogP contribution in [0.2, 0.25) is 0 Å². The van der Waals surface area contributed by atoms with Crippen LogP contribution in [0.5, 0.6) is 0 Å². The van der Waals surface area contributed by atoms with Crippen LogP contribution in [0.1, 0.15) is 12.5 Å². The van der Waals surface area contributed by atoms with E-state index in [2.05, 4.69) is 30.3 Å². The summed E-state index contributed by atoms with van der Waals surface area (Å²) in [5.74, 6) is 0. The van der Waals surface area contributed by atoms with E-state index in [1.807, 2.05) is 19.1 Å². The Hall–Kier alpha value is -1.34. The fourth-order valence-corrected chi connectivity index (χ4v) is 1.71. The highest BCUT2D eigenvalue weighted by molar-refractivity contribution is 5.82. The zero-order valence-electron chi connectivity index (χ0n) is 8.27. The Morgan fingerprint density at radius 3 is 2.50 bits per heavy atom. The van der Waals surface area contributed by atoms with E-state index in [4.69, 9.17) is 0 Å². The predicted molar refractivity (Wildman–Crippen MR) is 59.3 cm³/mol. The zero-order valence-corrected chi connectivity index (χ0v) is 8.27. The van der Waals surface area contributed by atoms with E-state index in [0.717, 1.165) is 6.42 Å². The molecule has 1 N–H and O–H groups in total. The van der Waals surface area contributed by atoms with Crippen molar-refractivity contribution in [3.8, 4) is 0 Å². The first-order valence-corrected chi connectivity index (χ1v) is 4.91. The smallest absolute Gasteiger partial charge is 0.0552 e. The van der Waals surface area contributed by atoms with E-state index in [1.54, 1.807) is 0 Å². The van der Waals surface area contributed by atoms with Gasteiger partial charge in [0.15, 0.2) is 0 Å². The van der Waals surface area contributed by atoms with E-state index in [0.29, 0.717) is 0 Å². The molecule has 1 atom stereocenters. The fraction of sp³-hybridized carbons (Fsp3) is 0.231. The lowest BCUT2D eigenvalue weighted by Crippen LogP contribution is -2.03. The van der Waals surface area contributed by atoms with Gasteiger partial charge in [0.05, 0.1) is 6.10 Å². The van der Waals surface area contributed by atoms with Crippen molar-refractivity contribution in [2.45, 2.75) is 19.4 Å². The van der Waals surface area contributed by atoms with Gasteiger partial charge in [0.2, 0.25) is 0 Å². The average molecular weight is 186 g/mol. The normalized spacial score (nSPS) is 13.0. The Balaban J connectivity index is 2.41. The highest BCUT2D eigenvalue weighted by atomic mass is 16.3. The molecule has 2 aromatic rings. The van der Waals surface area contributed by atoms with Crippen LogP contribution >= 0.6 is 0 Å². The van der Waals surface area contributed by atoms with Crippen molar-refractivity contribution in [3.63, 3.8) is 0 Å². The molecule has 0 heterocycles. The molecule has 0 aliphatic rings. The van der Waals surface area contributed by atoms with Crippen LogP contribution in [0, 0.1) is 0 Å². The molecule has 14 heavy (non-hydrogen) atoms. The van der Waals surface area contributed by atoms with Gasteiger partial charge in [0.25, 0.3) is 0 Å². The van der Waals surface area contributed by atoms with Gasteiger partial charge in [-0.2, -0.15) is 0 Å². The van der Waals surface area contributed by atoms with Crippen LogP contribution in [0.15, 0.2) is 42.5 Å². The van der Waals surface area contributed by atoms with Crippen molar-refractivity contribution in [1.82, 2.24) is 0 Å². The van der Waals surface area contributed by atoms with Crippen LogP contribution in [0.4, 0.5) is 0 Å². The summed E-state index contributed by atoms with van der Waals surface area (Å²) in [6.07, 6.45) is 0.460. The topological polar surface area (TPSA) is 20.2 Å². The van der Waals surface area contributed by atoms with Crippen LogP contribution < -0.4 is 0 Å². The lowest BCUT2D eigenvalue weighted by molar-refractivity contribution is 0.195. The number of hydrogen-bond donors (Lipinski definition) is 1. The first kappa shape index (κ1) is 9.22. The number of aliphatic hydroxyl groups excluding tert-OH is 1. The second-order valence-electron chi connectivity index (χ2n) is 3.73. The molecule has 0 radical (unpaired) electrons. The molecule has 0 aliphatic heterocycles. The van der Waals surface area contributed by atoms with Crippen molar-refractivity contribution in [1.29, 1.82) is 0 Å². The average Bonchev–Trinajstić information content (AvgIpc) is 2.17. The summed E-state index contributed by atoms with van der Waals surface area (Å²) in [5.41, 5.74) is 1.19. The van der Waals surface area contributed by atoms with Crippen LogP contribution in [-0.2, 0) is 6.42 Å². The molecule has 2 aromatic carbocycles. The molecule has 1 unspecified atom stereocenters. The van der Waals surface area contributed by atoms with Crippen LogP contribution in [0.3, 0.4) is 0 Å². The van der Waals surface area contributed by atoms with Crippen LogP contribution in [-0.4, -0.2) is 11.2 Å². The minimum absolute atomic E-state index is 0.267. The Bertz CT molecular complexity index is 432. The zero-order chi connectivity index (χ0) is 9.97. The number of rotatable bonds is 2. The molecule has 0 fully saturated rings. The molecular formula is C13H14O. The predicted octanol–water partition coefficient (Wildman–Crippen LogP) is 2.76. The van der Waals surface area contributed by atoms with Gasteiger partial charge in [-0.05, 0) is 29.7 Å². The highest BCUT2D eigenvalue weighted by Gasteiger charge is 1.99. The Kier molecular flexibility index (Phi) is 2.51. The van der Waals surface area contributed by atoms with Gasteiger partial charge in [-0.25, -0.2) is 0 Å². The van der Waals surface area contributed by atoms with Gasteiger partial charge in [0, 0.05) is 0 Å². The van der Waals surface area contributed by atoms with Crippen molar-refractivity contribution >= 4 is 10.8 Å². The molecule has 0 spiro atoms. The summed E-state index contributed by atoms with van der Waals surface area (Å²) in [4.78, 5) is 0. The first-order chi connectivity index (χ1) is 6.75. The monoisotopic (exact) mass is 186 g/mol. The third kappa shape index (κ3) is 1.94. The molecule has 0 amide bonds. The maximum absolute atomic E-state index is 9.28. The molecule has 0 aliphatic carbocycles. The van der Waals surface area contributed by atoms with E-state index in [9.17, 15) is 5.11 Å². The SMILES string of the molecule is CC(O)Cc1ccc2ccccc2c1. The maximum atomic E-state index is 9.28. The Morgan fingerprint density at radius 1 is 1.07 bits per heavy atom. The Morgan fingerprint density at radius 2 is 1.79 bits per heavy atom. The van der Waals surface area contributed by atoms with E-state index in [-0.39, 0.29) is 6.10 Å². The number of aliphatic hydroxyl groups is 1. The van der Waals surface area contributed by atoms with Gasteiger partial charge in [-0.1, -0.05) is 42.5 Å². The third-order valence-electron chi connectivity index (χ3n) is 2.34. The summed E-state index contributed by atoms with van der Waals surface area (Å²) < 4.78 is 0. The summed E-state index contributed by atoms with van der Waals surface area (Å²) >= 11 is 0. The second kappa shape index (κ2) is 3.81. The largest absolute Gasteiger partial charge is 0.393 e. The molecule has 1 nitrogen and oxygen atoms in total.